The summed E-state index contributed by atoms with van der Waals surface area (Å²) < 4.78 is 1.87. The topological polar surface area (TPSA) is 54.3 Å². The van der Waals surface area contributed by atoms with Gasteiger partial charge in [0.15, 0.2) is 0 Å². The SMILES string of the molecule is Cn1cc(CCN2CCC3(CCC(=O)N(Cc4ccncc4)C3)CC2)cn1. The van der Waals surface area contributed by atoms with Gasteiger partial charge < -0.3 is 9.80 Å². The van der Waals surface area contributed by atoms with E-state index in [9.17, 15) is 4.79 Å². The van der Waals surface area contributed by atoms with Crippen LogP contribution in [-0.2, 0) is 24.8 Å². The fraction of sp³-hybridized carbons (Fsp3) is 0.571. The van der Waals surface area contributed by atoms with E-state index >= 15 is 0 Å². The Morgan fingerprint density at radius 1 is 1.11 bits per heavy atom. The number of nitrogens with zero attached hydrogens (tertiary/aromatic N) is 5. The number of piperidine rings is 2. The molecular weight excluding hydrogens is 338 g/mol. The number of amides is 1. The highest BCUT2D eigenvalue weighted by atomic mass is 16.2. The lowest BCUT2D eigenvalue weighted by Crippen LogP contribution is -2.51. The molecule has 6 nitrogen and oxygen atoms in total. The van der Waals surface area contributed by atoms with Crippen molar-refractivity contribution in [3.05, 3.63) is 48.0 Å². The third-order valence-electron chi connectivity index (χ3n) is 6.26. The molecule has 2 saturated heterocycles. The number of carbonyl (C=O) groups excluding carboxylic acids is 1. The molecule has 144 valence electrons. The third kappa shape index (κ3) is 4.38. The van der Waals surface area contributed by atoms with Crippen molar-refractivity contribution in [2.45, 2.75) is 38.6 Å². The summed E-state index contributed by atoms with van der Waals surface area (Å²) in [5, 5.41) is 4.26. The Kier molecular flexibility index (Phi) is 5.25. The molecule has 2 aliphatic heterocycles. The van der Waals surface area contributed by atoms with E-state index in [4.69, 9.17) is 0 Å². The first kappa shape index (κ1) is 18.2. The zero-order valence-electron chi connectivity index (χ0n) is 16.2. The highest BCUT2D eigenvalue weighted by molar-refractivity contribution is 5.77. The standard InChI is InChI=1S/C21H29N5O/c1-24-15-19(14-23-24)5-11-25-12-7-21(8-13-25)6-2-20(27)26(17-21)16-18-3-9-22-10-4-18/h3-4,9-10,14-15H,2,5-8,11-13,16-17H2,1H3. The van der Waals surface area contributed by atoms with Gasteiger partial charge in [-0.25, -0.2) is 0 Å². The number of aryl methyl sites for hydroxylation is 1. The maximum absolute atomic E-state index is 12.4. The summed E-state index contributed by atoms with van der Waals surface area (Å²) >= 11 is 0. The Bertz CT molecular complexity index is 764. The molecule has 0 atom stereocenters. The average Bonchev–Trinajstić information content (AvgIpc) is 3.11. The minimum absolute atomic E-state index is 0.302. The van der Waals surface area contributed by atoms with Crippen LogP contribution < -0.4 is 0 Å². The molecule has 0 saturated carbocycles. The van der Waals surface area contributed by atoms with Gasteiger partial charge in [0.1, 0.15) is 0 Å². The fourth-order valence-corrected chi connectivity index (χ4v) is 4.50. The predicted octanol–water partition coefficient (Wildman–Crippen LogP) is 2.26. The monoisotopic (exact) mass is 367 g/mol. The summed E-state index contributed by atoms with van der Waals surface area (Å²) in [5.74, 6) is 0.302. The van der Waals surface area contributed by atoms with Gasteiger partial charge in [0.2, 0.25) is 5.91 Å². The van der Waals surface area contributed by atoms with Gasteiger partial charge in [-0.05, 0) is 67.4 Å². The minimum atomic E-state index is 0.302. The summed E-state index contributed by atoms with van der Waals surface area (Å²) in [5.41, 5.74) is 2.79. The van der Waals surface area contributed by atoms with Crippen LogP contribution in [0.1, 0.15) is 36.8 Å². The number of aromatic nitrogens is 3. The second-order valence-corrected chi connectivity index (χ2v) is 8.22. The second-order valence-electron chi connectivity index (χ2n) is 8.22. The van der Waals surface area contributed by atoms with Gasteiger partial charge in [-0.15, -0.1) is 0 Å². The van der Waals surface area contributed by atoms with Gasteiger partial charge in [0.05, 0.1) is 6.20 Å². The van der Waals surface area contributed by atoms with Crippen LogP contribution in [0.4, 0.5) is 0 Å². The third-order valence-corrected chi connectivity index (χ3v) is 6.26. The molecule has 1 amide bonds. The Morgan fingerprint density at radius 2 is 1.89 bits per heavy atom. The first-order chi connectivity index (χ1) is 13.1. The lowest BCUT2D eigenvalue weighted by atomic mass is 9.72. The van der Waals surface area contributed by atoms with Crippen LogP contribution in [0.25, 0.3) is 0 Å². The van der Waals surface area contributed by atoms with Gasteiger partial charge in [0.25, 0.3) is 0 Å². The van der Waals surface area contributed by atoms with Gasteiger partial charge in [-0.1, -0.05) is 0 Å². The molecular formula is C21H29N5O. The Balaban J connectivity index is 1.31. The normalized spacial score (nSPS) is 20.3. The van der Waals surface area contributed by atoms with Crippen molar-refractivity contribution >= 4 is 5.91 Å². The quantitative estimate of drug-likeness (QED) is 0.813. The molecule has 0 aliphatic carbocycles. The Morgan fingerprint density at radius 3 is 2.59 bits per heavy atom. The van der Waals surface area contributed by atoms with Crippen LogP contribution in [-0.4, -0.2) is 56.7 Å². The van der Waals surface area contributed by atoms with E-state index in [1.54, 1.807) is 12.4 Å². The molecule has 4 rings (SSSR count). The minimum Gasteiger partial charge on any atom is -0.338 e. The van der Waals surface area contributed by atoms with E-state index < -0.39 is 0 Å². The number of pyridine rings is 1. The Hall–Kier alpha value is -2.21. The Labute approximate surface area is 161 Å². The predicted molar refractivity (Wildman–Crippen MR) is 104 cm³/mol. The highest BCUT2D eigenvalue weighted by Crippen LogP contribution is 2.40. The number of hydrogen-bond donors (Lipinski definition) is 0. The van der Waals surface area contributed by atoms with Crippen LogP contribution in [0.2, 0.25) is 0 Å². The van der Waals surface area contributed by atoms with Crippen LogP contribution in [0, 0.1) is 5.41 Å². The molecule has 2 fully saturated rings. The summed E-state index contributed by atoms with van der Waals surface area (Å²) in [7, 11) is 1.97. The summed E-state index contributed by atoms with van der Waals surface area (Å²) in [6.45, 7) is 4.99. The molecule has 2 aliphatic rings. The molecule has 1 spiro atoms. The lowest BCUT2D eigenvalue weighted by molar-refractivity contribution is -0.139. The maximum Gasteiger partial charge on any atom is 0.222 e. The largest absolute Gasteiger partial charge is 0.338 e. The smallest absolute Gasteiger partial charge is 0.222 e. The zero-order chi connectivity index (χ0) is 18.7. The lowest BCUT2D eigenvalue weighted by Gasteiger charge is -2.47. The molecule has 0 radical (unpaired) electrons. The van der Waals surface area contributed by atoms with Crippen molar-refractivity contribution in [1.82, 2.24) is 24.6 Å². The van der Waals surface area contributed by atoms with Crippen molar-refractivity contribution in [2.24, 2.45) is 12.5 Å². The molecule has 2 aromatic heterocycles. The maximum atomic E-state index is 12.4. The van der Waals surface area contributed by atoms with E-state index in [0.29, 0.717) is 24.3 Å². The van der Waals surface area contributed by atoms with Crippen molar-refractivity contribution in [1.29, 1.82) is 0 Å². The summed E-state index contributed by atoms with van der Waals surface area (Å²) in [6.07, 6.45) is 12.9. The van der Waals surface area contributed by atoms with Crippen molar-refractivity contribution < 1.29 is 4.79 Å². The fourth-order valence-electron chi connectivity index (χ4n) is 4.50. The number of hydrogen-bond acceptors (Lipinski definition) is 4. The number of likely N-dealkylation sites (tertiary alicyclic amines) is 2. The zero-order valence-corrected chi connectivity index (χ0v) is 16.2. The van der Waals surface area contributed by atoms with E-state index in [2.05, 4.69) is 26.1 Å². The van der Waals surface area contributed by atoms with E-state index in [0.717, 1.165) is 39.0 Å². The van der Waals surface area contributed by atoms with Gasteiger partial charge in [-0.3, -0.25) is 14.5 Å². The number of rotatable bonds is 5. The number of carbonyl (C=O) groups is 1. The van der Waals surface area contributed by atoms with Gasteiger partial charge in [-0.2, -0.15) is 5.10 Å². The first-order valence-corrected chi connectivity index (χ1v) is 9.99. The van der Waals surface area contributed by atoms with Gasteiger partial charge >= 0.3 is 0 Å². The summed E-state index contributed by atoms with van der Waals surface area (Å²) in [6, 6.07) is 4.02. The second kappa shape index (κ2) is 7.80. The van der Waals surface area contributed by atoms with E-state index in [1.807, 2.05) is 30.1 Å². The van der Waals surface area contributed by atoms with Crippen molar-refractivity contribution in [3.8, 4) is 0 Å². The van der Waals surface area contributed by atoms with Crippen molar-refractivity contribution in [2.75, 3.05) is 26.2 Å². The van der Waals surface area contributed by atoms with Crippen LogP contribution in [0.3, 0.4) is 0 Å². The van der Waals surface area contributed by atoms with Crippen LogP contribution in [0.15, 0.2) is 36.9 Å². The van der Waals surface area contributed by atoms with E-state index in [-0.39, 0.29) is 0 Å². The first-order valence-electron chi connectivity index (χ1n) is 9.99. The molecule has 0 unspecified atom stereocenters. The molecule has 0 aromatic carbocycles. The van der Waals surface area contributed by atoms with Crippen LogP contribution in [0.5, 0.6) is 0 Å². The molecule has 6 heteroatoms. The van der Waals surface area contributed by atoms with Crippen LogP contribution >= 0.6 is 0 Å². The van der Waals surface area contributed by atoms with Gasteiger partial charge in [0, 0.05) is 51.7 Å². The van der Waals surface area contributed by atoms with Crippen molar-refractivity contribution in [3.63, 3.8) is 0 Å². The molecule has 4 heterocycles. The summed E-state index contributed by atoms with van der Waals surface area (Å²) in [4.78, 5) is 21.2. The van der Waals surface area contributed by atoms with E-state index in [1.165, 1.54) is 24.0 Å². The molecule has 0 N–H and O–H groups in total. The highest BCUT2D eigenvalue weighted by Gasteiger charge is 2.40. The molecule has 0 bridgehead atoms. The average molecular weight is 367 g/mol. The molecule has 2 aromatic rings. The molecule has 27 heavy (non-hydrogen) atoms.